The molecule has 3 saturated heterocycles. The number of halogens is 3. The molecular formula is C35H49F3N4O6. The number of amides is 2. The number of alkyl halides is 3. The molecule has 2 N–H and O–H groups in total. The van der Waals surface area contributed by atoms with E-state index in [4.69, 9.17) is 19.4 Å². The molecule has 1 aromatic carbocycles. The van der Waals surface area contributed by atoms with Gasteiger partial charge in [0.25, 0.3) is 5.91 Å². The second kappa shape index (κ2) is 15.4. The average Bonchev–Trinajstić information content (AvgIpc) is 3.62. The number of carbonyl (C=O) groups excluding carboxylic acids is 2. The molecule has 0 radical (unpaired) electrons. The smallest absolute Gasteiger partial charge is 0.490 e. The summed E-state index contributed by atoms with van der Waals surface area (Å²) >= 11 is 0. The van der Waals surface area contributed by atoms with Crippen molar-refractivity contribution >= 4 is 28.9 Å². The average molecular weight is 679 g/mol. The maximum atomic E-state index is 13.3. The van der Waals surface area contributed by atoms with Crippen molar-refractivity contribution in [3.8, 4) is 5.75 Å². The number of likely N-dealkylation sites (tertiary alicyclic amines) is 2. The first kappa shape index (κ1) is 35.8. The Bertz CT molecular complexity index is 1410. The Morgan fingerprint density at radius 3 is 2.31 bits per heavy atom. The highest BCUT2D eigenvalue weighted by Gasteiger charge is 2.55. The predicted octanol–water partition coefficient (Wildman–Crippen LogP) is 6.84. The zero-order valence-corrected chi connectivity index (χ0v) is 28.0. The number of carboxylic acid groups (broad SMARTS) is 1. The number of unbranched alkanes of at least 4 members (excludes halogenated alkanes) is 1. The van der Waals surface area contributed by atoms with Crippen LogP contribution in [0.1, 0.15) is 94.5 Å². The molecule has 266 valence electrons. The summed E-state index contributed by atoms with van der Waals surface area (Å²) in [6.45, 7) is 6.60. The Morgan fingerprint density at radius 2 is 1.71 bits per heavy atom. The zero-order valence-electron chi connectivity index (χ0n) is 28.0. The van der Waals surface area contributed by atoms with Crippen molar-refractivity contribution in [2.75, 3.05) is 39.8 Å². The first-order chi connectivity index (χ1) is 22.9. The van der Waals surface area contributed by atoms with Crippen LogP contribution in [-0.4, -0.2) is 106 Å². The summed E-state index contributed by atoms with van der Waals surface area (Å²) in [5.74, 6) is -1.25. The third kappa shape index (κ3) is 8.20. The molecule has 1 unspecified atom stereocenters. The number of hydrogen-bond acceptors (Lipinski definition) is 6. The lowest BCUT2D eigenvalue weighted by Gasteiger charge is -2.46. The number of methoxy groups -OCH3 is 1. The molecule has 1 aromatic heterocycles. The molecule has 4 aliphatic rings. The number of hydrogen-bond donors (Lipinski definition) is 2. The van der Waals surface area contributed by atoms with Gasteiger partial charge in [-0.1, -0.05) is 39.0 Å². The number of piperidine rings is 2. The summed E-state index contributed by atoms with van der Waals surface area (Å²) in [6.07, 6.45) is 8.45. The molecule has 13 heteroatoms. The number of aromatic amines is 1. The minimum absolute atomic E-state index is 0.0626. The molecular weight excluding hydrogens is 629 g/mol. The van der Waals surface area contributed by atoms with Crippen LogP contribution < -0.4 is 4.74 Å². The lowest BCUT2D eigenvalue weighted by molar-refractivity contribution is -0.192. The summed E-state index contributed by atoms with van der Waals surface area (Å²) < 4.78 is 43.4. The van der Waals surface area contributed by atoms with Gasteiger partial charge < -0.3 is 29.4 Å². The number of aromatic nitrogens is 1. The number of rotatable bonds is 8. The minimum Gasteiger partial charge on any atom is -0.497 e. The van der Waals surface area contributed by atoms with Crippen molar-refractivity contribution in [3.05, 3.63) is 30.0 Å². The van der Waals surface area contributed by atoms with Crippen molar-refractivity contribution in [1.82, 2.24) is 19.7 Å². The third-order valence-electron chi connectivity index (χ3n) is 10.7. The van der Waals surface area contributed by atoms with E-state index in [1.807, 2.05) is 29.2 Å². The van der Waals surface area contributed by atoms with Gasteiger partial charge in [0, 0.05) is 62.5 Å². The molecule has 10 nitrogen and oxygen atoms in total. The molecule has 6 rings (SSSR count). The number of nitrogens with zero attached hydrogens (tertiary/aromatic N) is 3. The Balaban J connectivity index is 0.000000582. The van der Waals surface area contributed by atoms with Gasteiger partial charge >= 0.3 is 18.2 Å². The number of ether oxygens (including phenoxy) is 2. The predicted molar refractivity (Wildman–Crippen MR) is 174 cm³/mol. The number of aliphatic carboxylic acids is 1. The molecule has 0 bridgehead atoms. The molecule has 1 atom stereocenters. The summed E-state index contributed by atoms with van der Waals surface area (Å²) in [4.78, 5) is 45.5. The summed E-state index contributed by atoms with van der Waals surface area (Å²) in [5.41, 5.74) is 1.27. The quantitative estimate of drug-likeness (QED) is 0.314. The molecule has 1 spiro atoms. The van der Waals surface area contributed by atoms with Gasteiger partial charge in [0.05, 0.1) is 13.2 Å². The van der Waals surface area contributed by atoms with E-state index in [0.29, 0.717) is 17.7 Å². The highest BCUT2D eigenvalue weighted by atomic mass is 19.4. The van der Waals surface area contributed by atoms with Crippen LogP contribution in [0, 0.1) is 5.92 Å². The Kier molecular flexibility index (Phi) is 11.5. The molecule has 4 fully saturated rings. The van der Waals surface area contributed by atoms with Crippen LogP contribution in [0.3, 0.4) is 0 Å². The third-order valence-corrected chi connectivity index (χ3v) is 10.7. The van der Waals surface area contributed by atoms with Gasteiger partial charge in [-0.25, -0.2) is 9.59 Å². The van der Waals surface area contributed by atoms with E-state index in [2.05, 4.69) is 21.7 Å². The van der Waals surface area contributed by atoms with Crippen molar-refractivity contribution in [2.24, 2.45) is 5.92 Å². The second-order valence-electron chi connectivity index (χ2n) is 13.7. The Morgan fingerprint density at radius 1 is 1.04 bits per heavy atom. The van der Waals surface area contributed by atoms with Crippen LogP contribution in [0.2, 0.25) is 0 Å². The summed E-state index contributed by atoms with van der Waals surface area (Å²) in [5, 5.41) is 8.12. The lowest BCUT2D eigenvalue weighted by Crippen LogP contribution is -2.56. The highest BCUT2D eigenvalue weighted by molar-refractivity contribution is 5.98. The van der Waals surface area contributed by atoms with E-state index < -0.39 is 12.1 Å². The van der Waals surface area contributed by atoms with Gasteiger partial charge in [-0.2, -0.15) is 13.2 Å². The molecule has 2 amide bonds. The van der Waals surface area contributed by atoms with Gasteiger partial charge in [0.15, 0.2) is 0 Å². The number of carbonyl (C=O) groups is 3. The summed E-state index contributed by atoms with van der Waals surface area (Å²) in [6, 6.07) is 8.47. The lowest BCUT2D eigenvalue weighted by atomic mass is 9.80. The Labute approximate surface area is 279 Å². The topological polar surface area (TPSA) is 115 Å². The van der Waals surface area contributed by atoms with Gasteiger partial charge in [-0.15, -0.1) is 0 Å². The maximum Gasteiger partial charge on any atom is 0.490 e. The van der Waals surface area contributed by atoms with Gasteiger partial charge in [0.1, 0.15) is 17.0 Å². The van der Waals surface area contributed by atoms with Crippen LogP contribution in [0.25, 0.3) is 10.9 Å². The Hall–Kier alpha value is -3.48. The summed E-state index contributed by atoms with van der Waals surface area (Å²) in [7, 11) is 1.66. The van der Waals surface area contributed by atoms with Crippen molar-refractivity contribution in [2.45, 2.75) is 108 Å². The van der Waals surface area contributed by atoms with Gasteiger partial charge in [-0.05, 0) is 62.3 Å². The molecule has 1 aliphatic carbocycles. The fourth-order valence-corrected chi connectivity index (χ4v) is 8.04. The van der Waals surface area contributed by atoms with E-state index in [1.165, 1.54) is 32.1 Å². The zero-order chi connectivity index (χ0) is 34.5. The van der Waals surface area contributed by atoms with E-state index in [1.54, 1.807) is 7.11 Å². The molecule has 1 saturated carbocycles. The largest absolute Gasteiger partial charge is 0.497 e. The second-order valence-corrected chi connectivity index (χ2v) is 13.7. The minimum atomic E-state index is -5.08. The fourth-order valence-electron chi connectivity index (χ4n) is 8.04. The molecule has 48 heavy (non-hydrogen) atoms. The van der Waals surface area contributed by atoms with E-state index in [9.17, 15) is 22.8 Å². The van der Waals surface area contributed by atoms with Crippen molar-refractivity contribution in [1.29, 1.82) is 0 Å². The van der Waals surface area contributed by atoms with Gasteiger partial charge in [-0.3, -0.25) is 9.69 Å². The van der Waals surface area contributed by atoms with Gasteiger partial charge in [0.2, 0.25) is 0 Å². The first-order valence-corrected chi connectivity index (χ1v) is 17.4. The normalized spacial score (nSPS) is 22.4. The van der Waals surface area contributed by atoms with Crippen LogP contribution in [0.5, 0.6) is 5.75 Å². The molecule has 4 heterocycles. The maximum absolute atomic E-state index is 13.3. The first-order valence-electron chi connectivity index (χ1n) is 17.4. The van der Waals surface area contributed by atoms with Crippen LogP contribution in [0.15, 0.2) is 24.3 Å². The van der Waals surface area contributed by atoms with E-state index in [0.717, 1.165) is 94.3 Å². The number of carboxylic acids is 1. The van der Waals surface area contributed by atoms with Crippen LogP contribution in [-0.2, 0) is 9.53 Å². The fraction of sp³-hybridized carbons (Fsp3) is 0.686. The number of nitrogens with one attached hydrogen (secondary N) is 1. The molecule has 2 aromatic rings. The molecule has 3 aliphatic heterocycles. The van der Waals surface area contributed by atoms with Crippen LogP contribution >= 0.6 is 0 Å². The van der Waals surface area contributed by atoms with Crippen molar-refractivity contribution < 1.29 is 42.1 Å². The SMILES string of the molecule is CCCCC1N(CC2CCCCC2)C(=O)OC12CCN(C1CCN(C(=O)c3cc4cc(OC)ccc4[nH]3)CC1)CC2.O=C(O)C(F)(F)F. The highest BCUT2D eigenvalue weighted by Crippen LogP contribution is 2.43. The van der Waals surface area contributed by atoms with Crippen LogP contribution in [0.4, 0.5) is 18.0 Å². The number of benzene rings is 1. The standard InChI is InChI=1S/C33H48N4O4.C2HF3O2/c1-3-4-10-30-33(41-32(39)37(30)23-24-8-6-5-7-9-24)15-19-35(20-16-33)26-13-17-36(18-14-26)31(38)29-22-25-21-27(40-2)11-12-28(25)34-29;3-2(4,5)1(6)7/h11-12,21-22,24,26,30,34H,3-10,13-20,23H2,1-2H3;(H,6,7). The number of H-pyrrole nitrogens is 1. The van der Waals surface area contributed by atoms with Crippen molar-refractivity contribution in [3.63, 3.8) is 0 Å². The van der Waals surface area contributed by atoms with E-state index >= 15 is 0 Å². The number of fused-ring (bicyclic) bond motifs is 1. The monoisotopic (exact) mass is 678 g/mol. The van der Waals surface area contributed by atoms with E-state index in [-0.39, 0.29) is 23.6 Å².